The van der Waals surface area contributed by atoms with Crippen LogP contribution in [0.25, 0.3) is 5.57 Å². The number of nitrogens with two attached hydrogens (primary N) is 1. The molecule has 6 heteroatoms. The molecule has 1 amide bonds. The van der Waals surface area contributed by atoms with Crippen LogP contribution in [0.3, 0.4) is 0 Å². The highest BCUT2D eigenvalue weighted by Gasteiger charge is 2.13. The number of nitrogens with one attached hydrogen (secondary N) is 1. The van der Waals surface area contributed by atoms with E-state index in [2.05, 4.69) is 24.4 Å². The van der Waals surface area contributed by atoms with Gasteiger partial charge < -0.3 is 25.7 Å². The fraction of sp³-hybridized carbons (Fsp3) is 0.346. The Hall–Kier alpha value is -3.25. The molecule has 4 N–H and O–H groups in total. The zero-order chi connectivity index (χ0) is 26.3. The predicted octanol–water partition coefficient (Wildman–Crippen LogP) is 5.62. The summed E-state index contributed by atoms with van der Waals surface area (Å²) in [5.74, 6) is -0.393. The number of aliphatic hydroxyl groups is 1. The van der Waals surface area contributed by atoms with Crippen molar-refractivity contribution in [3.63, 3.8) is 0 Å². The van der Waals surface area contributed by atoms with E-state index in [4.69, 9.17) is 20.4 Å². The number of amides is 1. The Morgan fingerprint density at radius 3 is 1.59 bits per heavy atom. The lowest BCUT2D eigenvalue weighted by Crippen LogP contribution is -2.15. The molecular formula is C26H42N2O4. The van der Waals surface area contributed by atoms with Crippen molar-refractivity contribution in [3.8, 4) is 0 Å². The molecule has 0 aromatic heterocycles. The smallest absolute Gasteiger partial charge is 0.249 e. The van der Waals surface area contributed by atoms with E-state index in [1.54, 1.807) is 0 Å². The van der Waals surface area contributed by atoms with Gasteiger partial charge in [0.15, 0.2) is 0 Å². The normalized spacial score (nSPS) is 7.81. The number of allylic oxidation sites excluding steroid dienone is 1. The maximum absolute atomic E-state index is 11.7. The number of aliphatic hydroxyl groups excluding tert-OH is 1. The van der Waals surface area contributed by atoms with Crippen molar-refractivity contribution in [3.05, 3.63) is 64.7 Å². The van der Waals surface area contributed by atoms with Gasteiger partial charge in [-0.3, -0.25) is 4.79 Å². The van der Waals surface area contributed by atoms with Crippen LogP contribution in [0, 0.1) is 13.8 Å². The summed E-state index contributed by atoms with van der Waals surface area (Å²) in [5, 5.41) is 10.4. The van der Waals surface area contributed by atoms with Crippen molar-refractivity contribution in [1.82, 2.24) is 0 Å². The van der Waals surface area contributed by atoms with Crippen LogP contribution >= 0.6 is 0 Å². The minimum Gasteiger partial charge on any atom is -0.400 e. The number of hydrogen-bond donors (Lipinski definition) is 3. The van der Waals surface area contributed by atoms with Gasteiger partial charge in [0.25, 0.3) is 0 Å². The van der Waals surface area contributed by atoms with Crippen LogP contribution in [0.5, 0.6) is 0 Å². The fourth-order valence-corrected chi connectivity index (χ4v) is 2.42. The Morgan fingerprint density at radius 1 is 0.812 bits per heavy atom. The van der Waals surface area contributed by atoms with Gasteiger partial charge in [0.1, 0.15) is 13.6 Å². The summed E-state index contributed by atoms with van der Waals surface area (Å²) >= 11 is 0. The monoisotopic (exact) mass is 446 g/mol. The maximum Gasteiger partial charge on any atom is 0.249 e. The van der Waals surface area contributed by atoms with Gasteiger partial charge >= 0.3 is 0 Å². The lowest BCUT2D eigenvalue weighted by Gasteiger charge is -2.13. The first kappa shape index (κ1) is 36.1. The minimum atomic E-state index is -0.393. The van der Waals surface area contributed by atoms with Gasteiger partial charge in [-0.15, -0.1) is 0 Å². The van der Waals surface area contributed by atoms with Crippen LogP contribution in [0.1, 0.15) is 58.2 Å². The summed E-state index contributed by atoms with van der Waals surface area (Å²) in [4.78, 5) is 27.7. The molecule has 180 valence electrons. The summed E-state index contributed by atoms with van der Waals surface area (Å²) in [6.45, 7) is 19.8. The average molecular weight is 447 g/mol. The first-order valence-corrected chi connectivity index (χ1v) is 10.3. The third-order valence-corrected chi connectivity index (χ3v) is 3.59. The Bertz CT molecular complexity index is 764. The Morgan fingerprint density at radius 2 is 1.22 bits per heavy atom. The molecule has 0 saturated heterocycles. The van der Waals surface area contributed by atoms with E-state index in [1.165, 1.54) is 5.56 Å². The average Bonchev–Trinajstić information content (AvgIpc) is 2.83. The molecule has 0 atom stereocenters. The first-order chi connectivity index (χ1) is 15.4. The molecule has 0 saturated carbocycles. The number of rotatable bonds is 4. The third-order valence-electron chi connectivity index (χ3n) is 3.59. The lowest BCUT2D eigenvalue weighted by atomic mass is 9.96. The number of carbonyl (C=O) groups excluding carboxylic acids is 3. The van der Waals surface area contributed by atoms with Crippen molar-refractivity contribution in [1.29, 1.82) is 0 Å². The van der Waals surface area contributed by atoms with Gasteiger partial charge in [0.05, 0.1) is 0 Å². The topological polar surface area (TPSA) is 109 Å². The highest BCUT2D eigenvalue weighted by Crippen LogP contribution is 2.27. The van der Waals surface area contributed by atoms with Crippen LogP contribution in [-0.4, -0.2) is 31.7 Å². The molecule has 0 heterocycles. The number of benzene rings is 2. The second kappa shape index (κ2) is 24.0. The van der Waals surface area contributed by atoms with Crippen LogP contribution in [0.15, 0.2) is 48.0 Å². The molecule has 0 fully saturated rings. The van der Waals surface area contributed by atoms with Crippen molar-refractivity contribution in [2.45, 2.75) is 55.4 Å². The summed E-state index contributed by atoms with van der Waals surface area (Å²) in [5.41, 5.74) is 12.1. The maximum atomic E-state index is 11.7. The van der Waals surface area contributed by atoms with Crippen molar-refractivity contribution in [2.24, 2.45) is 5.73 Å². The van der Waals surface area contributed by atoms with Crippen molar-refractivity contribution in [2.75, 3.05) is 12.4 Å². The van der Waals surface area contributed by atoms with E-state index < -0.39 is 5.91 Å². The quantitative estimate of drug-likeness (QED) is 0.528. The molecule has 0 bridgehead atoms. The molecule has 32 heavy (non-hydrogen) atoms. The van der Waals surface area contributed by atoms with Crippen LogP contribution in [0.2, 0.25) is 0 Å². The molecule has 0 radical (unpaired) electrons. The summed E-state index contributed by atoms with van der Waals surface area (Å²) in [7, 11) is 1.00. The molecule has 0 aliphatic rings. The van der Waals surface area contributed by atoms with E-state index in [0.717, 1.165) is 35.2 Å². The Kier molecular flexibility index (Phi) is 27.1. The van der Waals surface area contributed by atoms with Gasteiger partial charge in [0.2, 0.25) is 5.91 Å². The zero-order valence-corrected chi connectivity index (χ0v) is 21.2. The van der Waals surface area contributed by atoms with E-state index in [-0.39, 0.29) is 0 Å². The fourth-order valence-electron chi connectivity index (χ4n) is 2.42. The molecule has 2 aromatic carbocycles. The standard InChI is InChI=1S/C19H22N2O.2C2H6.CH4O.2CH2O/c1-12(2)18(19(20)22)17-11-16(10-7-14(17)4)21-15-8-5-13(3)6-9-15;5*1-2/h5-11,21H,1-4H3,(H2,20,22);2*1-2H3;2H,1H3;2*1H2. The molecular weight excluding hydrogens is 404 g/mol. The summed E-state index contributed by atoms with van der Waals surface area (Å²) < 4.78 is 0. The second-order valence-electron chi connectivity index (χ2n) is 5.76. The van der Waals surface area contributed by atoms with E-state index in [9.17, 15) is 4.79 Å². The Balaban J connectivity index is -0.000000345. The van der Waals surface area contributed by atoms with E-state index in [1.807, 2.05) is 92.4 Å². The van der Waals surface area contributed by atoms with Gasteiger partial charge in [-0.25, -0.2) is 0 Å². The molecule has 0 aliphatic carbocycles. The Labute approximate surface area is 194 Å². The van der Waals surface area contributed by atoms with Crippen LogP contribution < -0.4 is 11.1 Å². The zero-order valence-electron chi connectivity index (χ0n) is 21.2. The highest BCUT2D eigenvalue weighted by molar-refractivity contribution is 6.20. The second-order valence-corrected chi connectivity index (χ2v) is 5.76. The van der Waals surface area contributed by atoms with Crippen molar-refractivity contribution < 1.29 is 19.5 Å². The molecule has 6 nitrogen and oxygen atoms in total. The number of aryl methyl sites for hydroxylation is 2. The largest absolute Gasteiger partial charge is 0.400 e. The van der Waals surface area contributed by atoms with Gasteiger partial charge in [-0.05, 0) is 63.1 Å². The summed E-state index contributed by atoms with van der Waals surface area (Å²) in [6, 6.07) is 14.2. The number of primary amides is 1. The highest BCUT2D eigenvalue weighted by atomic mass is 16.2. The molecule has 0 aliphatic heterocycles. The van der Waals surface area contributed by atoms with Crippen molar-refractivity contribution >= 4 is 36.4 Å². The number of carbonyl (C=O) groups is 3. The van der Waals surface area contributed by atoms with Crippen LogP contribution in [0.4, 0.5) is 11.4 Å². The molecule has 0 unspecified atom stereocenters. The lowest BCUT2D eigenvalue weighted by molar-refractivity contribution is -0.112. The molecule has 2 rings (SSSR count). The third kappa shape index (κ3) is 13.9. The SMILES string of the molecule is C=O.C=O.CC.CC.CC(C)=C(C(N)=O)c1cc(Nc2ccc(C)cc2)ccc1C.CO. The summed E-state index contributed by atoms with van der Waals surface area (Å²) in [6.07, 6.45) is 0. The van der Waals surface area contributed by atoms with Gasteiger partial charge in [0, 0.05) is 24.1 Å². The minimum absolute atomic E-state index is 0.393. The van der Waals surface area contributed by atoms with Gasteiger partial charge in [-0.2, -0.15) is 0 Å². The van der Waals surface area contributed by atoms with E-state index in [0.29, 0.717) is 5.57 Å². The van der Waals surface area contributed by atoms with Gasteiger partial charge in [-0.1, -0.05) is 57.0 Å². The van der Waals surface area contributed by atoms with E-state index >= 15 is 0 Å². The predicted molar refractivity (Wildman–Crippen MR) is 138 cm³/mol. The molecule has 0 spiro atoms. The number of anilines is 2. The molecule has 2 aromatic rings. The van der Waals surface area contributed by atoms with Crippen LogP contribution in [-0.2, 0) is 14.4 Å². The first-order valence-electron chi connectivity index (χ1n) is 10.3. The number of hydrogen-bond acceptors (Lipinski definition) is 5.